The van der Waals surface area contributed by atoms with Crippen LogP contribution in [-0.4, -0.2) is 23.2 Å². The Hall–Kier alpha value is -1.81. The van der Waals surface area contributed by atoms with Crippen LogP contribution >= 0.6 is 0 Å². The molecule has 1 aromatic carbocycles. The fraction of sp³-hybridized carbons (Fsp3) is 0.438. The number of para-hydroxylation sites is 1. The summed E-state index contributed by atoms with van der Waals surface area (Å²) in [4.78, 5) is 4.48. The van der Waals surface area contributed by atoms with Crippen molar-refractivity contribution < 1.29 is 4.74 Å². The molecule has 2 aromatic rings. The Kier molecular flexibility index (Phi) is 5.18. The molecule has 4 heteroatoms. The van der Waals surface area contributed by atoms with Crippen LogP contribution in [0.5, 0.6) is 5.75 Å². The number of nitrogens with zero attached hydrogens (tertiary/aromatic N) is 2. The van der Waals surface area contributed by atoms with E-state index in [0.29, 0.717) is 0 Å². The Bertz CT molecular complexity index is 536. The average Bonchev–Trinajstić information content (AvgIpc) is 2.90. The summed E-state index contributed by atoms with van der Waals surface area (Å²) in [5.74, 6) is 0.937. The fourth-order valence-electron chi connectivity index (χ4n) is 2.30. The Morgan fingerprint density at radius 1 is 1.35 bits per heavy atom. The molecule has 1 atom stereocenters. The molecule has 0 saturated carbocycles. The van der Waals surface area contributed by atoms with Crippen molar-refractivity contribution in [1.82, 2.24) is 14.9 Å². The van der Waals surface area contributed by atoms with Gasteiger partial charge in [0.2, 0.25) is 0 Å². The molecule has 1 aromatic heterocycles. The zero-order valence-corrected chi connectivity index (χ0v) is 12.5. The van der Waals surface area contributed by atoms with Crippen molar-refractivity contribution in [2.24, 2.45) is 7.05 Å². The first kappa shape index (κ1) is 14.6. The van der Waals surface area contributed by atoms with Crippen molar-refractivity contribution in [3.8, 4) is 5.75 Å². The van der Waals surface area contributed by atoms with Gasteiger partial charge in [-0.1, -0.05) is 25.1 Å². The van der Waals surface area contributed by atoms with Crippen LogP contribution < -0.4 is 10.1 Å². The summed E-state index contributed by atoms with van der Waals surface area (Å²) >= 11 is 0. The van der Waals surface area contributed by atoms with Crippen molar-refractivity contribution in [1.29, 1.82) is 0 Å². The van der Waals surface area contributed by atoms with Gasteiger partial charge in [-0.25, -0.2) is 4.98 Å². The van der Waals surface area contributed by atoms with E-state index < -0.39 is 0 Å². The third kappa shape index (κ3) is 3.61. The molecule has 0 aliphatic heterocycles. The minimum Gasteiger partial charge on any atom is -0.496 e. The van der Waals surface area contributed by atoms with Gasteiger partial charge in [-0.15, -0.1) is 0 Å². The lowest BCUT2D eigenvalue weighted by molar-refractivity contribution is 0.405. The molecule has 0 aliphatic rings. The predicted molar refractivity (Wildman–Crippen MR) is 80.9 cm³/mol. The highest BCUT2D eigenvalue weighted by molar-refractivity contribution is 5.34. The highest BCUT2D eigenvalue weighted by atomic mass is 16.5. The second-order valence-corrected chi connectivity index (χ2v) is 4.99. The molecule has 20 heavy (non-hydrogen) atoms. The fourth-order valence-corrected chi connectivity index (χ4v) is 2.30. The monoisotopic (exact) mass is 273 g/mol. The maximum Gasteiger partial charge on any atom is 0.122 e. The zero-order valence-electron chi connectivity index (χ0n) is 12.5. The van der Waals surface area contributed by atoms with Gasteiger partial charge in [0.05, 0.1) is 25.2 Å². The minimum atomic E-state index is 0.215. The first-order chi connectivity index (χ1) is 9.74. The molecule has 0 fully saturated rings. The Morgan fingerprint density at radius 2 is 2.15 bits per heavy atom. The van der Waals surface area contributed by atoms with Crippen LogP contribution in [0.4, 0.5) is 0 Å². The highest BCUT2D eigenvalue weighted by Gasteiger charge is 2.16. The summed E-state index contributed by atoms with van der Waals surface area (Å²) < 4.78 is 7.42. The first-order valence-electron chi connectivity index (χ1n) is 7.07. The van der Waals surface area contributed by atoms with Crippen LogP contribution in [0.15, 0.2) is 36.8 Å². The van der Waals surface area contributed by atoms with E-state index in [2.05, 4.69) is 29.5 Å². The van der Waals surface area contributed by atoms with Crippen molar-refractivity contribution >= 4 is 0 Å². The molecular formula is C16H23N3O. The van der Waals surface area contributed by atoms with Gasteiger partial charge in [0.25, 0.3) is 0 Å². The van der Waals surface area contributed by atoms with Gasteiger partial charge in [-0.3, -0.25) is 0 Å². The van der Waals surface area contributed by atoms with Crippen LogP contribution in [0.2, 0.25) is 0 Å². The number of nitrogens with one attached hydrogen (secondary N) is 1. The second-order valence-electron chi connectivity index (χ2n) is 4.99. The smallest absolute Gasteiger partial charge is 0.122 e. The predicted octanol–water partition coefficient (Wildman–Crippen LogP) is 2.71. The number of aromatic nitrogens is 2. The summed E-state index contributed by atoms with van der Waals surface area (Å²) in [5.41, 5.74) is 2.28. The number of hydrogen-bond donors (Lipinski definition) is 1. The van der Waals surface area contributed by atoms with Gasteiger partial charge in [-0.2, -0.15) is 0 Å². The Labute approximate surface area is 120 Å². The van der Waals surface area contributed by atoms with Crippen LogP contribution in [0.1, 0.15) is 30.6 Å². The van der Waals surface area contributed by atoms with Gasteiger partial charge in [0.15, 0.2) is 0 Å². The third-order valence-electron chi connectivity index (χ3n) is 3.34. The summed E-state index contributed by atoms with van der Waals surface area (Å²) in [6.07, 6.45) is 5.90. The SMILES string of the molecule is CCCNC(Cc1ccccc1OC)c1cn(C)cn1. The van der Waals surface area contributed by atoms with E-state index in [0.717, 1.165) is 30.8 Å². The number of imidazole rings is 1. The van der Waals surface area contributed by atoms with Gasteiger partial charge in [0.1, 0.15) is 5.75 Å². The minimum absolute atomic E-state index is 0.215. The Morgan fingerprint density at radius 3 is 2.80 bits per heavy atom. The number of benzene rings is 1. The van der Waals surface area contributed by atoms with Crippen molar-refractivity contribution in [3.63, 3.8) is 0 Å². The summed E-state index contributed by atoms with van der Waals surface area (Å²) in [7, 11) is 3.71. The molecule has 1 unspecified atom stereocenters. The highest BCUT2D eigenvalue weighted by Crippen LogP contribution is 2.24. The van der Waals surface area contributed by atoms with E-state index in [1.807, 2.05) is 36.1 Å². The third-order valence-corrected chi connectivity index (χ3v) is 3.34. The molecule has 0 bridgehead atoms. The molecule has 0 amide bonds. The number of aryl methyl sites for hydroxylation is 1. The van der Waals surface area contributed by atoms with Gasteiger partial charge < -0.3 is 14.6 Å². The molecule has 2 rings (SSSR count). The van der Waals surface area contributed by atoms with Crippen LogP contribution in [0.3, 0.4) is 0 Å². The van der Waals surface area contributed by atoms with E-state index in [1.54, 1.807) is 7.11 Å². The lowest BCUT2D eigenvalue weighted by Crippen LogP contribution is -2.24. The zero-order chi connectivity index (χ0) is 14.4. The maximum absolute atomic E-state index is 5.44. The lowest BCUT2D eigenvalue weighted by atomic mass is 10.0. The molecule has 108 valence electrons. The van der Waals surface area contributed by atoms with E-state index in [1.165, 1.54) is 5.56 Å². The largest absolute Gasteiger partial charge is 0.496 e. The Balaban J connectivity index is 2.19. The van der Waals surface area contributed by atoms with Gasteiger partial charge in [0, 0.05) is 13.2 Å². The van der Waals surface area contributed by atoms with Gasteiger partial charge >= 0.3 is 0 Å². The molecule has 0 radical (unpaired) electrons. The summed E-state index contributed by atoms with van der Waals surface area (Å²) in [6.45, 7) is 3.15. The van der Waals surface area contributed by atoms with E-state index >= 15 is 0 Å². The maximum atomic E-state index is 5.44. The lowest BCUT2D eigenvalue weighted by Gasteiger charge is -2.18. The van der Waals surface area contributed by atoms with Crippen molar-refractivity contribution in [2.75, 3.05) is 13.7 Å². The van der Waals surface area contributed by atoms with Crippen LogP contribution in [0, 0.1) is 0 Å². The standard InChI is InChI=1S/C16H23N3O/c1-4-9-17-14(15-11-19(2)12-18-15)10-13-7-5-6-8-16(13)20-3/h5-8,11-12,14,17H,4,9-10H2,1-3H3. The van der Waals surface area contributed by atoms with Gasteiger partial charge in [-0.05, 0) is 31.0 Å². The normalized spacial score (nSPS) is 12.3. The van der Waals surface area contributed by atoms with Crippen molar-refractivity contribution in [2.45, 2.75) is 25.8 Å². The van der Waals surface area contributed by atoms with Crippen molar-refractivity contribution in [3.05, 3.63) is 48.0 Å². The average molecular weight is 273 g/mol. The topological polar surface area (TPSA) is 39.1 Å². The molecular weight excluding hydrogens is 250 g/mol. The number of rotatable bonds is 7. The second kappa shape index (κ2) is 7.10. The summed E-state index contributed by atoms with van der Waals surface area (Å²) in [5, 5.41) is 3.57. The first-order valence-corrected chi connectivity index (χ1v) is 7.07. The molecule has 0 spiro atoms. The van der Waals surface area contributed by atoms with Crippen LogP contribution in [0.25, 0.3) is 0 Å². The van der Waals surface area contributed by atoms with Crippen LogP contribution in [-0.2, 0) is 13.5 Å². The number of ether oxygens (including phenoxy) is 1. The molecule has 1 heterocycles. The molecule has 0 saturated heterocycles. The molecule has 0 aliphatic carbocycles. The van der Waals surface area contributed by atoms with E-state index in [-0.39, 0.29) is 6.04 Å². The van der Waals surface area contributed by atoms with E-state index in [4.69, 9.17) is 4.74 Å². The quantitative estimate of drug-likeness (QED) is 0.843. The molecule has 1 N–H and O–H groups in total. The summed E-state index contributed by atoms with van der Waals surface area (Å²) in [6, 6.07) is 8.38. The van der Waals surface area contributed by atoms with E-state index in [9.17, 15) is 0 Å². The number of hydrogen-bond acceptors (Lipinski definition) is 3. The number of methoxy groups -OCH3 is 1. The molecule has 4 nitrogen and oxygen atoms in total.